The normalized spacial score (nSPS) is 16.0. The Morgan fingerprint density at radius 1 is 1.31 bits per heavy atom. The molecule has 1 aliphatic carbocycles. The second-order valence-corrected chi connectivity index (χ2v) is 7.83. The number of methoxy groups -OCH3 is 1. The van der Waals surface area contributed by atoms with Crippen LogP contribution in [0.25, 0.3) is 11.0 Å². The van der Waals surface area contributed by atoms with Crippen molar-refractivity contribution in [1.82, 2.24) is 20.3 Å². The average Bonchev–Trinajstić information content (AvgIpc) is 3.12. The van der Waals surface area contributed by atoms with E-state index >= 15 is 0 Å². The molecule has 170 valence electrons. The van der Waals surface area contributed by atoms with E-state index in [0.717, 1.165) is 41.6 Å². The number of alkyl halides is 3. The van der Waals surface area contributed by atoms with Crippen LogP contribution in [0.5, 0.6) is 5.75 Å². The van der Waals surface area contributed by atoms with Gasteiger partial charge in [0, 0.05) is 18.7 Å². The van der Waals surface area contributed by atoms with Gasteiger partial charge in [0.05, 0.1) is 23.7 Å². The van der Waals surface area contributed by atoms with E-state index in [0.29, 0.717) is 30.9 Å². The number of carbonyl (C=O) groups excluding carboxylic acids is 1. The third kappa shape index (κ3) is 4.35. The molecule has 0 fully saturated rings. The van der Waals surface area contributed by atoms with Gasteiger partial charge < -0.3 is 20.4 Å². The van der Waals surface area contributed by atoms with Crippen molar-refractivity contribution >= 4 is 28.4 Å². The molecular weight excluding hydrogens is 423 g/mol. The second-order valence-electron chi connectivity index (χ2n) is 7.83. The van der Waals surface area contributed by atoms with E-state index < -0.39 is 11.7 Å². The zero-order valence-corrected chi connectivity index (χ0v) is 17.8. The fourth-order valence-corrected chi connectivity index (χ4v) is 4.22. The number of hydrogen-bond acceptors (Lipinski definition) is 5. The van der Waals surface area contributed by atoms with Crippen molar-refractivity contribution in [3.05, 3.63) is 41.3 Å². The number of aromatic amines is 1. The number of H-pyrrole nitrogens is 1. The highest BCUT2D eigenvalue weighted by atomic mass is 19.4. The Morgan fingerprint density at radius 2 is 2.12 bits per heavy atom. The van der Waals surface area contributed by atoms with Crippen LogP contribution in [0.4, 0.5) is 24.7 Å². The standard InChI is InChI=1S/C22H24F3N5O2/c1-3-26-18(31)9-12-4-6-15-14(8-12)19-20(29-15)27-11-28-21(19)30-16-10-13(22(23,24)25)5-7-17(16)32-2/h5,7,10-12H,3-4,6,8-9H2,1-2H3,(H,26,31)(H2,27,28,29,30). The molecule has 3 N–H and O–H groups in total. The number of amides is 1. The molecule has 1 aliphatic rings. The Bertz CT molecular complexity index is 1140. The molecule has 1 amide bonds. The third-order valence-corrected chi connectivity index (χ3v) is 5.71. The third-order valence-electron chi connectivity index (χ3n) is 5.71. The summed E-state index contributed by atoms with van der Waals surface area (Å²) in [5, 5.41) is 6.57. The van der Waals surface area contributed by atoms with Gasteiger partial charge in [-0.15, -0.1) is 0 Å². The number of fused-ring (bicyclic) bond motifs is 3. The molecule has 1 unspecified atom stereocenters. The maximum Gasteiger partial charge on any atom is 0.416 e. The van der Waals surface area contributed by atoms with E-state index in [1.807, 2.05) is 6.92 Å². The van der Waals surface area contributed by atoms with E-state index in [4.69, 9.17) is 4.74 Å². The van der Waals surface area contributed by atoms with Crippen LogP contribution in [-0.2, 0) is 23.8 Å². The highest BCUT2D eigenvalue weighted by molar-refractivity contribution is 5.94. The summed E-state index contributed by atoms with van der Waals surface area (Å²) in [5.74, 6) is 0.848. The number of anilines is 2. The molecule has 0 radical (unpaired) electrons. The lowest BCUT2D eigenvalue weighted by Crippen LogP contribution is -2.27. The Kier molecular flexibility index (Phi) is 5.94. The predicted octanol–water partition coefficient (Wildman–Crippen LogP) is 4.36. The predicted molar refractivity (Wildman–Crippen MR) is 114 cm³/mol. The highest BCUT2D eigenvalue weighted by Crippen LogP contribution is 2.39. The smallest absolute Gasteiger partial charge is 0.416 e. The lowest BCUT2D eigenvalue weighted by atomic mass is 9.84. The van der Waals surface area contributed by atoms with E-state index in [2.05, 4.69) is 25.6 Å². The minimum atomic E-state index is -4.48. The average molecular weight is 447 g/mol. The summed E-state index contributed by atoms with van der Waals surface area (Å²) >= 11 is 0. The summed E-state index contributed by atoms with van der Waals surface area (Å²) in [7, 11) is 1.40. The van der Waals surface area contributed by atoms with Gasteiger partial charge in [0.2, 0.25) is 5.91 Å². The Balaban J connectivity index is 1.70. The molecule has 0 spiro atoms. The van der Waals surface area contributed by atoms with Gasteiger partial charge in [-0.1, -0.05) is 0 Å². The second kappa shape index (κ2) is 8.68. The first-order chi connectivity index (χ1) is 15.3. The number of aryl methyl sites for hydroxylation is 1. The van der Waals surface area contributed by atoms with Crippen LogP contribution in [0.1, 0.15) is 36.6 Å². The van der Waals surface area contributed by atoms with Crippen LogP contribution in [0.15, 0.2) is 24.5 Å². The van der Waals surface area contributed by atoms with Crippen LogP contribution in [0, 0.1) is 5.92 Å². The molecule has 4 rings (SSSR count). The Morgan fingerprint density at radius 3 is 2.84 bits per heavy atom. The summed E-state index contributed by atoms with van der Waals surface area (Å²) < 4.78 is 45.0. The molecule has 0 saturated carbocycles. The van der Waals surface area contributed by atoms with E-state index in [1.54, 1.807) is 0 Å². The minimum Gasteiger partial charge on any atom is -0.495 e. The fraction of sp³-hybridized carbons (Fsp3) is 0.409. The lowest BCUT2D eigenvalue weighted by molar-refractivity contribution is -0.137. The lowest BCUT2D eigenvalue weighted by Gasteiger charge is -2.22. The van der Waals surface area contributed by atoms with Crippen LogP contribution >= 0.6 is 0 Å². The molecular formula is C22H24F3N5O2. The SMILES string of the molecule is CCNC(=O)CC1CCc2[nH]c3ncnc(Nc4cc(C(F)(F)F)ccc4OC)c3c2C1. The summed E-state index contributed by atoms with van der Waals surface area (Å²) in [6, 6.07) is 3.26. The van der Waals surface area contributed by atoms with E-state index in [1.165, 1.54) is 19.5 Å². The number of benzene rings is 1. The zero-order valence-electron chi connectivity index (χ0n) is 17.8. The molecule has 0 saturated heterocycles. The van der Waals surface area contributed by atoms with Crippen LogP contribution in [-0.4, -0.2) is 34.5 Å². The van der Waals surface area contributed by atoms with Gasteiger partial charge in [-0.05, 0) is 55.9 Å². The van der Waals surface area contributed by atoms with Gasteiger partial charge in [-0.3, -0.25) is 4.79 Å². The van der Waals surface area contributed by atoms with Gasteiger partial charge in [0.15, 0.2) is 0 Å². The summed E-state index contributed by atoms with van der Waals surface area (Å²) in [6.45, 7) is 2.47. The maximum absolute atomic E-state index is 13.2. The van der Waals surface area contributed by atoms with Crippen molar-refractivity contribution in [3.8, 4) is 5.75 Å². The zero-order chi connectivity index (χ0) is 22.9. The van der Waals surface area contributed by atoms with Crippen molar-refractivity contribution in [2.45, 2.75) is 38.8 Å². The van der Waals surface area contributed by atoms with Crippen LogP contribution < -0.4 is 15.4 Å². The summed E-state index contributed by atoms with van der Waals surface area (Å²) in [5.41, 5.74) is 1.99. The largest absolute Gasteiger partial charge is 0.495 e. The molecule has 1 aromatic carbocycles. The van der Waals surface area contributed by atoms with Crippen molar-refractivity contribution in [2.24, 2.45) is 5.92 Å². The first-order valence-corrected chi connectivity index (χ1v) is 10.4. The monoisotopic (exact) mass is 447 g/mol. The molecule has 3 aromatic rings. The van der Waals surface area contributed by atoms with E-state index in [9.17, 15) is 18.0 Å². The molecule has 32 heavy (non-hydrogen) atoms. The van der Waals surface area contributed by atoms with Gasteiger partial charge in [-0.25, -0.2) is 9.97 Å². The fourth-order valence-electron chi connectivity index (χ4n) is 4.22. The number of carbonyl (C=O) groups is 1. The minimum absolute atomic E-state index is 0.0177. The molecule has 10 heteroatoms. The number of aromatic nitrogens is 3. The van der Waals surface area contributed by atoms with Gasteiger partial charge in [0.25, 0.3) is 0 Å². The number of rotatable bonds is 6. The summed E-state index contributed by atoms with van der Waals surface area (Å²) in [6.07, 6.45) is -0.398. The molecule has 2 aromatic heterocycles. The molecule has 0 bridgehead atoms. The van der Waals surface area contributed by atoms with Crippen LogP contribution in [0.3, 0.4) is 0 Å². The topological polar surface area (TPSA) is 91.9 Å². The van der Waals surface area contributed by atoms with Gasteiger partial charge in [-0.2, -0.15) is 13.2 Å². The van der Waals surface area contributed by atoms with Crippen LogP contribution in [0.2, 0.25) is 0 Å². The number of hydrogen-bond donors (Lipinski definition) is 3. The molecule has 0 aliphatic heterocycles. The molecule has 2 heterocycles. The van der Waals surface area contributed by atoms with Crippen molar-refractivity contribution in [3.63, 3.8) is 0 Å². The maximum atomic E-state index is 13.2. The summed E-state index contributed by atoms with van der Waals surface area (Å²) in [4.78, 5) is 24.0. The molecule has 1 atom stereocenters. The first kappa shape index (κ1) is 21.9. The van der Waals surface area contributed by atoms with Crippen molar-refractivity contribution in [1.29, 1.82) is 0 Å². The van der Waals surface area contributed by atoms with Gasteiger partial charge in [0.1, 0.15) is 23.5 Å². The molecule has 7 nitrogen and oxygen atoms in total. The van der Waals surface area contributed by atoms with Gasteiger partial charge >= 0.3 is 6.18 Å². The Hall–Kier alpha value is -3.30. The first-order valence-electron chi connectivity index (χ1n) is 10.4. The number of ether oxygens (including phenoxy) is 1. The van der Waals surface area contributed by atoms with Crippen molar-refractivity contribution in [2.75, 3.05) is 19.0 Å². The number of nitrogens with zero attached hydrogens (tertiary/aromatic N) is 2. The van der Waals surface area contributed by atoms with E-state index in [-0.39, 0.29) is 23.3 Å². The Labute approximate surface area is 182 Å². The van der Waals surface area contributed by atoms with Crippen molar-refractivity contribution < 1.29 is 22.7 Å². The number of nitrogens with one attached hydrogen (secondary N) is 3. The number of halogens is 3. The highest BCUT2D eigenvalue weighted by Gasteiger charge is 2.32. The quantitative estimate of drug-likeness (QED) is 0.522.